The van der Waals surface area contributed by atoms with Gasteiger partial charge in [0.2, 0.25) is 0 Å². The van der Waals surface area contributed by atoms with Crippen LogP contribution in [-0.2, 0) is 0 Å². The number of hydrazine groups is 1. The third-order valence-corrected chi connectivity index (χ3v) is 8.06. The number of nitrogens with one attached hydrogen (secondary N) is 3. The van der Waals surface area contributed by atoms with Gasteiger partial charge in [-0.2, -0.15) is 0 Å². The van der Waals surface area contributed by atoms with E-state index in [9.17, 15) is 4.79 Å². The molecule has 2 saturated heterocycles. The van der Waals surface area contributed by atoms with E-state index in [4.69, 9.17) is 9.47 Å². The number of hydrogen-bond acceptors (Lipinski definition) is 7. The van der Waals surface area contributed by atoms with Gasteiger partial charge in [0.1, 0.15) is 0 Å². The Morgan fingerprint density at radius 3 is 2.24 bits per heavy atom. The molecule has 4 unspecified atom stereocenters. The number of piperazine rings is 1. The van der Waals surface area contributed by atoms with E-state index in [0.29, 0.717) is 24.8 Å². The topological polar surface area (TPSA) is 78.1 Å². The smallest absolute Gasteiger partial charge is 0.252 e. The Balaban J connectivity index is 1.22. The number of methoxy groups -OCH3 is 2. The van der Waals surface area contributed by atoms with Gasteiger partial charge in [0.25, 0.3) is 5.91 Å². The highest BCUT2D eigenvalue weighted by molar-refractivity contribution is 5.94. The van der Waals surface area contributed by atoms with Gasteiger partial charge in [-0.15, -0.1) is 0 Å². The van der Waals surface area contributed by atoms with Crippen molar-refractivity contribution in [3.63, 3.8) is 0 Å². The van der Waals surface area contributed by atoms with Crippen LogP contribution in [0, 0.1) is 17.6 Å². The molecule has 2 aliphatic heterocycles. The van der Waals surface area contributed by atoms with Crippen molar-refractivity contribution in [2.45, 2.75) is 37.4 Å². The molecule has 1 amide bonds. The van der Waals surface area contributed by atoms with E-state index in [1.54, 1.807) is 0 Å². The van der Waals surface area contributed by atoms with Gasteiger partial charge < -0.3 is 24.6 Å². The number of ether oxygens (including phenoxy) is 2. The Morgan fingerprint density at radius 1 is 0.973 bits per heavy atom. The lowest BCUT2D eigenvalue weighted by molar-refractivity contribution is 0.0915. The van der Waals surface area contributed by atoms with Crippen LogP contribution in [0.2, 0.25) is 0 Å². The van der Waals surface area contributed by atoms with Gasteiger partial charge in [-0.05, 0) is 56.5 Å². The van der Waals surface area contributed by atoms with E-state index < -0.39 is 11.6 Å². The van der Waals surface area contributed by atoms with Crippen LogP contribution >= 0.6 is 0 Å². The predicted octanol–water partition coefficient (Wildman–Crippen LogP) is 2.85. The molecule has 3 fully saturated rings. The molecule has 10 heteroatoms. The molecule has 0 bridgehead atoms. The van der Waals surface area contributed by atoms with Crippen molar-refractivity contribution in [2.75, 3.05) is 52.3 Å². The Labute approximate surface area is 216 Å². The number of hydrogen-bond donors (Lipinski definition) is 3. The van der Waals surface area contributed by atoms with Crippen LogP contribution in [0.4, 0.5) is 14.5 Å². The van der Waals surface area contributed by atoms with Gasteiger partial charge in [0.05, 0.1) is 20.4 Å². The number of halogens is 2. The van der Waals surface area contributed by atoms with Crippen LogP contribution < -0.4 is 30.5 Å². The maximum atomic E-state index is 15.1. The number of carbonyl (C=O) groups is 1. The number of nitrogens with zero attached hydrogens (tertiary/aromatic N) is 2. The van der Waals surface area contributed by atoms with Crippen LogP contribution in [0.15, 0.2) is 30.3 Å². The van der Waals surface area contributed by atoms with Crippen LogP contribution in [-0.4, -0.2) is 70.5 Å². The first-order valence-corrected chi connectivity index (χ1v) is 12.8. The average Bonchev–Trinajstić information content (AvgIpc) is 3.31. The number of anilines is 1. The maximum absolute atomic E-state index is 15.1. The standard InChI is InChI=1S/C27H35F2N5O3/c1-33-10-12-34(13-11-33)18-7-4-16(5-8-18)27(35)30-26-19-9-6-17(14-20(19)31-32-26)23-24(28)21(36-2)15-22(37-3)25(23)29/h4-5,7-8,15,17,19-20,26,31-32H,6,9-14H2,1-3H3,(H,30,35). The Hall–Kier alpha value is -2.95. The molecule has 1 saturated carbocycles. The zero-order valence-electron chi connectivity index (χ0n) is 21.5. The molecule has 2 heterocycles. The van der Waals surface area contributed by atoms with Crippen molar-refractivity contribution in [1.82, 2.24) is 21.1 Å². The van der Waals surface area contributed by atoms with Crippen molar-refractivity contribution >= 4 is 11.6 Å². The Bertz CT molecular complexity index is 1100. The fourth-order valence-electron chi connectivity index (χ4n) is 5.84. The van der Waals surface area contributed by atoms with Crippen LogP contribution in [0.5, 0.6) is 11.5 Å². The van der Waals surface area contributed by atoms with Gasteiger partial charge in [-0.25, -0.2) is 14.2 Å². The summed E-state index contributed by atoms with van der Waals surface area (Å²) in [6.07, 6.45) is 1.53. The largest absolute Gasteiger partial charge is 0.494 e. The minimum Gasteiger partial charge on any atom is -0.494 e. The number of amides is 1. The van der Waals surface area contributed by atoms with E-state index in [0.717, 1.165) is 31.9 Å². The quantitative estimate of drug-likeness (QED) is 0.546. The molecule has 1 aliphatic carbocycles. The highest BCUT2D eigenvalue weighted by Gasteiger charge is 2.43. The summed E-state index contributed by atoms with van der Waals surface area (Å²) in [4.78, 5) is 17.6. The average molecular weight is 516 g/mol. The van der Waals surface area contributed by atoms with Crippen molar-refractivity contribution < 1.29 is 23.0 Å². The highest BCUT2D eigenvalue weighted by atomic mass is 19.1. The zero-order chi connectivity index (χ0) is 26.1. The van der Waals surface area contributed by atoms with Gasteiger partial charge in [-0.1, -0.05) is 0 Å². The molecular formula is C27H35F2N5O3. The summed E-state index contributed by atoms with van der Waals surface area (Å²) in [6, 6.07) is 8.92. The van der Waals surface area contributed by atoms with Crippen molar-refractivity contribution in [1.29, 1.82) is 0 Å². The fraction of sp³-hybridized carbons (Fsp3) is 0.519. The molecule has 8 nitrogen and oxygen atoms in total. The fourth-order valence-corrected chi connectivity index (χ4v) is 5.84. The normalized spacial score (nSPS) is 26.0. The molecule has 37 heavy (non-hydrogen) atoms. The molecule has 2 aromatic rings. The second kappa shape index (κ2) is 10.8. The van der Waals surface area contributed by atoms with Gasteiger partial charge >= 0.3 is 0 Å². The number of benzene rings is 2. The van der Waals surface area contributed by atoms with Crippen LogP contribution in [0.3, 0.4) is 0 Å². The van der Waals surface area contributed by atoms with E-state index in [-0.39, 0.29) is 47.0 Å². The summed E-state index contributed by atoms with van der Waals surface area (Å²) in [5.74, 6) is -1.81. The molecule has 0 spiro atoms. The molecule has 5 rings (SSSR count). The lowest BCUT2D eigenvalue weighted by Crippen LogP contribution is -2.47. The van der Waals surface area contributed by atoms with Crippen LogP contribution in [0.1, 0.15) is 41.1 Å². The molecular weight excluding hydrogens is 480 g/mol. The summed E-state index contributed by atoms with van der Waals surface area (Å²) < 4.78 is 40.3. The van der Waals surface area contributed by atoms with Crippen molar-refractivity contribution in [2.24, 2.45) is 5.92 Å². The summed E-state index contributed by atoms with van der Waals surface area (Å²) in [5.41, 5.74) is 8.14. The molecule has 0 radical (unpaired) electrons. The van der Waals surface area contributed by atoms with E-state index >= 15 is 8.78 Å². The zero-order valence-corrected chi connectivity index (χ0v) is 21.5. The van der Waals surface area contributed by atoms with Crippen molar-refractivity contribution in [3.8, 4) is 11.5 Å². The summed E-state index contributed by atoms with van der Waals surface area (Å²) >= 11 is 0. The lowest BCUT2D eigenvalue weighted by Gasteiger charge is -2.34. The molecule has 3 aliphatic rings. The minimum absolute atomic E-state index is 0.00405. The molecule has 2 aromatic carbocycles. The monoisotopic (exact) mass is 515 g/mol. The number of rotatable bonds is 6. The maximum Gasteiger partial charge on any atom is 0.252 e. The van der Waals surface area contributed by atoms with E-state index in [1.807, 2.05) is 24.3 Å². The third-order valence-electron chi connectivity index (χ3n) is 8.06. The second-order valence-electron chi connectivity index (χ2n) is 10.2. The van der Waals surface area contributed by atoms with Crippen molar-refractivity contribution in [3.05, 3.63) is 53.1 Å². The number of likely N-dealkylation sites (N-methyl/N-ethyl adjacent to an activating group) is 1. The SMILES string of the molecule is COc1cc(OC)c(F)c(C2CCC3C(C2)NNC3NC(=O)c2ccc(N3CCN(C)CC3)cc2)c1F. The van der Waals surface area contributed by atoms with Gasteiger partial charge in [-0.3, -0.25) is 10.2 Å². The molecule has 4 atom stereocenters. The first-order chi connectivity index (χ1) is 17.9. The molecule has 200 valence electrons. The minimum atomic E-state index is -0.680. The first-order valence-electron chi connectivity index (χ1n) is 12.8. The predicted molar refractivity (Wildman–Crippen MR) is 137 cm³/mol. The van der Waals surface area contributed by atoms with Gasteiger partial charge in [0, 0.05) is 61.0 Å². The van der Waals surface area contributed by atoms with Gasteiger partial charge in [0.15, 0.2) is 23.1 Å². The summed E-state index contributed by atoms with van der Waals surface area (Å²) in [6.45, 7) is 3.99. The van der Waals surface area contributed by atoms with Crippen LogP contribution in [0.25, 0.3) is 0 Å². The summed E-state index contributed by atoms with van der Waals surface area (Å²) in [5, 5.41) is 3.09. The molecule has 0 aromatic heterocycles. The Morgan fingerprint density at radius 2 is 1.62 bits per heavy atom. The Kier molecular flexibility index (Phi) is 7.50. The summed E-state index contributed by atoms with van der Waals surface area (Å²) in [7, 11) is 4.83. The van der Waals surface area contributed by atoms with E-state index in [1.165, 1.54) is 20.3 Å². The second-order valence-corrected chi connectivity index (χ2v) is 10.2. The lowest BCUT2D eigenvalue weighted by atomic mass is 9.75. The van der Waals surface area contributed by atoms with E-state index in [2.05, 4.69) is 33.0 Å². The highest BCUT2D eigenvalue weighted by Crippen LogP contribution is 2.44. The third kappa shape index (κ3) is 5.10. The molecule has 3 N–H and O–H groups in total. The first kappa shape index (κ1) is 25.7. The number of carbonyl (C=O) groups excluding carboxylic acids is 1. The number of fused-ring (bicyclic) bond motifs is 1.